The molecule has 178 valence electrons. The summed E-state index contributed by atoms with van der Waals surface area (Å²) in [6, 6.07) is 19.6. The van der Waals surface area contributed by atoms with Gasteiger partial charge in [0.25, 0.3) is 17.7 Å². The number of anilines is 1. The van der Waals surface area contributed by atoms with Crippen LogP contribution >= 0.6 is 0 Å². The fraction of sp³-hybridized carbons (Fsp3) is 0.214. The number of esters is 1. The normalized spacial score (nSPS) is 14.3. The van der Waals surface area contributed by atoms with Crippen LogP contribution in [0.5, 0.6) is 0 Å². The average molecular weight is 471 g/mol. The molecule has 0 aliphatic carbocycles. The predicted octanol–water partition coefficient (Wildman–Crippen LogP) is 4.60. The number of nitrogens with one attached hydrogen (secondary N) is 1. The molecule has 0 bridgehead atoms. The molecule has 1 aliphatic rings. The summed E-state index contributed by atoms with van der Waals surface area (Å²) >= 11 is 0. The van der Waals surface area contributed by atoms with Crippen LogP contribution in [0, 0.1) is 13.8 Å². The largest absolute Gasteiger partial charge is 0.446 e. The number of carbonyl (C=O) groups is 4. The summed E-state index contributed by atoms with van der Waals surface area (Å²) in [7, 11) is 0. The zero-order chi connectivity index (χ0) is 25.1. The zero-order valence-electron chi connectivity index (χ0n) is 19.8. The third-order valence-corrected chi connectivity index (χ3v) is 6.10. The van der Waals surface area contributed by atoms with Crippen LogP contribution in [0.3, 0.4) is 0 Å². The highest BCUT2D eigenvalue weighted by Gasteiger charge is 2.43. The molecule has 0 aromatic heterocycles. The number of hydrogen-bond donors (Lipinski definition) is 1. The Bertz CT molecular complexity index is 1250. The highest BCUT2D eigenvalue weighted by molar-refractivity contribution is 6.22. The van der Waals surface area contributed by atoms with E-state index in [0.29, 0.717) is 11.3 Å². The summed E-state index contributed by atoms with van der Waals surface area (Å²) in [5.41, 5.74) is 3.35. The quantitative estimate of drug-likeness (QED) is 0.402. The molecule has 1 heterocycles. The van der Waals surface area contributed by atoms with Gasteiger partial charge in [-0.3, -0.25) is 19.3 Å². The van der Waals surface area contributed by atoms with Crippen molar-refractivity contribution in [2.45, 2.75) is 39.3 Å². The molecule has 0 spiro atoms. The molecular formula is C28H26N2O5. The van der Waals surface area contributed by atoms with Crippen LogP contribution in [-0.2, 0) is 14.3 Å². The number of fused-ring (bicyclic) bond motifs is 1. The standard InChI is InChI=1S/C28H26N2O5/c1-4-22(30-26(32)20-15-8-9-16-21(20)27(30)33)28(34)35-24(19-13-6-5-7-14-19)25(31)29-23-17(2)11-10-12-18(23)3/h5-16,22,24H,4H2,1-3H3,(H,29,31)/t22-,24+/m0/s1. The van der Waals surface area contributed by atoms with Gasteiger partial charge in [0.15, 0.2) is 0 Å². The van der Waals surface area contributed by atoms with Gasteiger partial charge in [0.2, 0.25) is 6.10 Å². The van der Waals surface area contributed by atoms with Crippen molar-refractivity contribution < 1.29 is 23.9 Å². The maximum absolute atomic E-state index is 13.4. The van der Waals surface area contributed by atoms with Crippen molar-refractivity contribution in [2.75, 3.05) is 5.32 Å². The summed E-state index contributed by atoms with van der Waals surface area (Å²) in [4.78, 5) is 53.5. The van der Waals surface area contributed by atoms with Crippen LogP contribution in [-0.4, -0.2) is 34.6 Å². The summed E-state index contributed by atoms with van der Waals surface area (Å²) in [6.07, 6.45) is -1.13. The first-order valence-electron chi connectivity index (χ1n) is 11.4. The molecule has 7 heteroatoms. The van der Waals surface area contributed by atoms with Crippen molar-refractivity contribution in [2.24, 2.45) is 0 Å². The number of benzene rings is 3. The maximum Gasteiger partial charge on any atom is 0.330 e. The number of hydrogen-bond acceptors (Lipinski definition) is 5. The lowest BCUT2D eigenvalue weighted by molar-refractivity contribution is -0.158. The van der Waals surface area contributed by atoms with E-state index in [1.54, 1.807) is 61.5 Å². The Balaban J connectivity index is 1.62. The Kier molecular flexibility index (Phi) is 6.78. The molecule has 3 aromatic rings. The Morgan fingerprint density at radius 1 is 0.829 bits per heavy atom. The van der Waals surface area contributed by atoms with Gasteiger partial charge in [-0.05, 0) is 43.5 Å². The Morgan fingerprint density at radius 3 is 1.91 bits per heavy atom. The molecule has 3 aromatic carbocycles. The van der Waals surface area contributed by atoms with Crippen molar-refractivity contribution in [3.8, 4) is 0 Å². The first-order valence-corrected chi connectivity index (χ1v) is 11.4. The summed E-state index contributed by atoms with van der Waals surface area (Å²) in [5.74, 6) is -2.46. The fourth-order valence-electron chi connectivity index (χ4n) is 4.24. The molecule has 3 amide bonds. The van der Waals surface area contributed by atoms with Crippen LogP contribution in [0.25, 0.3) is 0 Å². The molecule has 0 fully saturated rings. The van der Waals surface area contributed by atoms with Gasteiger partial charge in [-0.15, -0.1) is 0 Å². The number of carbonyl (C=O) groups excluding carboxylic acids is 4. The van der Waals surface area contributed by atoms with Gasteiger partial charge in [0, 0.05) is 11.3 Å². The summed E-state index contributed by atoms with van der Waals surface area (Å²) in [5, 5.41) is 2.88. The lowest BCUT2D eigenvalue weighted by Gasteiger charge is -2.26. The van der Waals surface area contributed by atoms with Gasteiger partial charge in [-0.1, -0.05) is 67.6 Å². The summed E-state index contributed by atoms with van der Waals surface area (Å²) in [6.45, 7) is 5.44. The van der Waals surface area contributed by atoms with Crippen molar-refractivity contribution >= 4 is 29.4 Å². The number of nitrogens with zero attached hydrogens (tertiary/aromatic N) is 1. The second-order valence-electron chi connectivity index (χ2n) is 8.43. The van der Waals surface area contributed by atoms with Crippen molar-refractivity contribution in [3.63, 3.8) is 0 Å². The maximum atomic E-state index is 13.4. The molecule has 0 saturated heterocycles. The van der Waals surface area contributed by atoms with Crippen molar-refractivity contribution in [1.82, 2.24) is 4.90 Å². The molecule has 1 N–H and O–H groups in total. The van der Waals surface area contributed by atoms with E-state index >= 15 is 0 Å². The number of ether oxygens (including phenoxy) is 1. The minimum atomic E-state index is -1.27. The number of aryl methyl sites for hydroxylation is 2. The number of amides is 3. The molecule has 1 aliphatic heterocycles. The van der Waals surface area contributed by atoms with Gasteiger partial charge in [0.1, 0.15) is 6.04 Å². The van der Waals surface area contributed by atoms with Gasteiger partial charge in [-0.25, -0.2) is 4.79 Å². The second kappa shape index (κ2) is 9.93. The van der Waals surface area contributed by atoms with Crippen LogP contribution in [0.2, 0.25) is 0 Å². The second-order valence-corrected chi connectivity index (χ2v) is 8.43. The number of para-hydroxylation sites is 1. The molecule has 35 heavy (non-hydrogen) atoms. The summed E-state index contributed by atoms with van der Waals surface area (Å²) < 4.78 is 5.71. The molecule has 4 rings (SSSR count). The first kappa shape index (κ1) is 23.9. The van der Waals surface area contributed by atoms with E-state index in [-0.39, 0.29) is 17.5 Å². The van der Waals surface area contributed by atoms with E-state index in [9.17, 15) is 19.2 Å². The van der Waals surface area contributed by atoms with Crippen LogP contribution < -0.4 is 5.32 Å². The highest BCUT2D eigenvalue weighted by Crippen LogP contribution is 2.29. The van der Waals surface area contributed by atoms with Gasteiger partial charge in [-0.2, -0.15) is 0 Å². The topological polar surface area (TPSA) is 92.8 Å². The molecule has 0 saturated carbocycles. The average Bonchev–Trinajstić information content (AvgIpc) is 3.11. The number of rotatable bonds is 7. The Morgan fingerprint density at radius 2 is 1.37 bits per heavy atom. The van der Waals surface area contributed by atoms with Gasteiger partial charge in [0.05, 0.1) is 11.1 Å². The zero-order valence-corrected chi connectivity index (χ0v) is 19.8. The van der Waals surface area contributed by atoms with E-state index in [2.05, 4.69) is 5.32 Å². The van der Waals surface area contributed by atoms with E-state index < -0.39 is 35.8 Å². The van der Waals surface area contributed by atoms with Crippen molar-refractivity contribution in [1.29, 1.82) is 0 Å². The van der Waals surface area contributed by atoms with E-state index in [1.165, 1.54) is 0 Å². The Labute approximate surface area is 203 Å². The molecule has 0 radical (unpaired) electrons. The third kappa shape index (κ3) is 4.57. The minimum absolute atomic E-state index is 0.143. The molecule has 2 atom stereocenters. The fourth-order valence-corrected chi connectivity index (χ4v) is 4.24. The highest BCUT2D eigenvalue weighted by atomic mass is 16.5. The smallest absolute Gasteiger partial charge is 0.330 e. The lowest BCUT2D eigenvalue weighted by atomic mass is 10.1. The van der Waals surface area contributed by atoms with Crippen molar-refractivity contribution in [3.05, 3.63) is 101 Å². The SMILES string of the molecule is CC[C@@H](C(=O)O[C@@H](C(=O)Nc1c(C)cccc1C)c1ccccc1)N1C(=O)c2ccccc2C1=O. The molecule has 0 unspecified atom stereocenters. The lowest BCUT2D eigenvalue weighted by Crippen LogP contribution is -2.46. The van der Waals surface area contributed by atoms with Gasteiger partial charge >= 0.3 is 5.97 Å². The first-order chi connectivity index (χ1) is 16.8. The van der Waals surface area contributed by atoms with Gasteiger partial charge < -0.3 is 10.1 Å². The number of imide groups is 1. The monoisotopic (exact) mass is 470 g/mol. The van der Waals surface area contributed by atoms with E-state index in [4.69, 9.17) is 4.74 Å². The van der Waals surface area contributed by atoms with E-state index in [1.807, 2.05) is 32.0 Å². The minimum Gasteiger partial charge on any atom is -0.446 e. The van der Waals surface area contributed by atoms with Crippen LogP contribution in [0.1, 0.15) is 56.9 Å². The predicted molar refractivity (Wildman–Crippen MR) is 131 cm³/mol. The molecular weight excluding hydrogens is 444 g/mol. The van der Waals surface area contributed by atoms with E-state index in [0.717, 1.165) is 16.0 Å². The van der Waals surface area contributed by atoms with Crippen LogP contribution in [0.4, 0.5) is 5.69 Å². The molecule has 7 nitrogen and oxygen atoms in total. The van der Waals surface area contributed by atoms with Crippen LogP contribution in [0.15, 0.2) is 72.8 Å². The Hall–Kier alpha value is -4.26. The third-order valence-electron chi connectivity index (χ3n) is 6.10.